The number of aromatic nitrogens is 2. The number of ether oxygens (including phenoxy) is 2. The number of amides is 1. The number of H-pyrrole nitrogens is 1. The van der Waals surface area contributed by atoms with Crippen LogP contribution in [0.2, 0.25) is 0 Å². The number of aryl methyl sites for hydroxylation is 1. The predicted octanol–water partition coefficient (Wildman–Crippen LogP) is 2.22. The van der Waals surface area contributed by atoms with Crippen molar-refractivity contribution in [2.45, 2.75) is 11.8 Å². The van der Waals surface area contributed by atoms with E-state index in [-0.39, 0.29) is 5.91 Å². The second-order valence-corrected chi connectivity index (χ2v) is 5.63. The van der Waals surface area contributed by atoms with Gasteiger partial charge in [0, 0.05) is 16.7 Å². The Hall–Kier alpha value is -2.15. The first-order valence-corrected chi connectivity index (χ1v) is 7.53. The van der Waals surface area contributed by atoms with Crippen LogP contribution in [0.15, 0.2) is 29.2 Å². The third-order valence-electron chi connectivity index (χ3n) is 2.86. The molecule has 0 unspecified atom stereocenters. The largest absolute Gasteiger partial charge is 0.486 e. The van der Waals surface area contributed by atoms with Gasteiger partial charge < -0.3 is 14.8 Å². The highest BCUT2D eigenvalue weighted by atomic mass is 32.2. The van der Waals surface area contributed by atoms with Crippen LogP contribution in [0.1, 0.15) is 5.69 Å². The fourth-order valence-electron chi connectivity index (χ4n) is 1.92. The lowest BCUT2D eigenvalue weighted by molar-refractivity contribution is -0.113. The molecule has 2 heterocycles. The smallest absolute Gasteiger partial charge is 0.235 e. The minimum Gasteiger partial charge on any atom is -0.486 e. The maximum Gasteiger partial charge on any atom is 0.235 e. The molecular weight excluding hydrogens is 290 g/mol. The van der Waals surface area contributed by atoms with Crippen molar-refractivity contribution < 1.29 is 14.3 Å². The number of anilines is 1. The summed E-state index contributed by atoms with van der Waals surface area (Å²) >= 11 is 1.44. The van der Waals surface area contributed by atoms with Crippen molar-refractivity contribution in [1.29, 1.82) is 0 Å². The van der Waals surface area contributed by atoms with E-state index in [0.717, 1.165) is 22.1 Å². The standard InChI is InChI=1S/C14H15N3O3S/c1-9-6-13(17-16-9)15-14(18)8-21-10-2-3-11-12(7-10)20-5-4-19-11/h2-3,6-7H,4-5,8H2,1H3,(H2,15,16,17,18). The van der Waals surface area contributed by atoms with Gasteiger partial charge in [-0.2, -0.15) is 5.10 Å². The van der Waals surface area contributed by atoms with Gasteiger partial charge in [-0.25, -0.2) is 0 Å². The maximum absolute atomic E-state index is 11.8. The summed E-state index contributed by atoms with van der Waals surface area (Å²) in [5, 5.41) is 9.48. The summed E-state index contributed by atoms with van der Waals surface area (Å²) in [7, 11) is 0. The van der Waals surface area contributed by atoms with E-state index in [9.17, 15) is 4.79 Å². The van der Waals surface area contributed by atoms with Crippen molar-refractivity contribution in [1.82, 2.24) is 10.2 Å². The number of nitrogens with one attached hydrogen (secondary N) is 2. The Kier molecular flexibility index (Phi) is 4.01. The lowest BCUT2D eigenvalue weighted by Gasteiger charge is -2.18. The van der Waals surface area contributed by atoms with Gasteiger partial charge >= 0.3 is 0 Å². The molecular formula is C14H15N3O3S. The van der Waals surface area contributed by atoms with Crippen LogP contribution in [0.4, 0.5) is 5.82 Å². The molecule has 0 bridgehead atoms. The Labute approximate surface area is 126 Å². The van der Waals surface area contributed by atoms with E-state index in [1.807, 2.05) is 25.1 Å². The summed E-state index contributed by atoms with van der Waals surface area (Å²) in [4.78, 5) is 12.8. The van der Waals surface area contributed by atoms with Crippen molar-refractivity contribution in [2.24, 2.45) is 0 Å². The number of aromatic amines is 1. The molecule has 0 radical (unpaired) electrons. The highest BCUT2D eigenvalue weighted by molar-refractivity contribution is 8.00. The van der Waals surface area contributed by atoms with E-state index in [4.69, 9.17) is 9.47 Å². The van der Waals surface area contributed by atoms with Gasteiger partial charge in [-0.1, -0.05) is 0 Å². The lowest BCUT2D eigenvalue weighted by atomic mass is 10.3. The van der Waals surface area contributed by atoms with Crippen LogP contribution >= 0.6 is 11.8 Å². The number of hydrogen-bond acceptors (Lipinski definition) is 5. The van der Waals surface area contributed by atoms with Gasteiger partial charge in [0.25, 0.3) is 0 Å². The molecule has 6 nitrogen and oxygen atoms in total. The number of carbonyl (C=O) groups is 1. The summed E-state index contributed by atoms with van der Waals surface area (Å²) in [6, 6.07) is 7.47. The number of nitrogens with zero attached hydrogens (tertiary/aromatic N) is 1. The van der Waals surface area contributed by atoms with E-state index in [1.165, 1.54) is 11.8 Å². The van der Waals surface area contributed by atoms with E-state index in [2.05, 4.69) is 15.5 Å². The molecule has 21 heavy (non-hydrogen) atoms. The molecule has 3 rings (SSSR count). The van der Waals surface area contributed by atoms with Gasteiger partial charge in [0.05, 0.1) is 5.75 Å². The van der Waals surface area contributed by atoms with Crippen molar-refractivity contribution in [3.05, 3.63) is 30.0 Å². The Bertz CT molecular complexity index is 657. The monoisotopic (exact) mass is 305 g/mol. The summed E-state index contributed by atoms with van der Waals surface area (Å²) in [5.41, 5.74) is 0.907. The molecule has 7 heteroatoms. The molecule has 0 aliphatic carbocycles. The molecule has 0 saturated heterocycles. The Balaban J connectivity index is 1.56. The van der Waals surface area contributed by atoms with Crippen LogP contribution in [-0.2, 0) is 4.79 Å². The molecule has 0 spiro atoms. The molecule has 1 aliphatic rings. The first kappa shape index (κ1) is 13.8. The van der Waals surface area contributed by atoms with E-state index >= 15 is 0 Å². The van der Waals surface area contributed by atoms with Crippen molar-refractivity contribution in [3.8, 4) is 11.5 Å². The number of benzene rings is 1. The van der Waals surface area contributed by atoms with Crippen LogP contribution in [0.5, 0.6) is 11.5 Å². The molecule has 1 aliphatic heterocycles. The average molecular weight is 305 g/mol. The van der Waals surface area contributed by atoms with Crippen LogP contribution in [0.3, 0.4) is 0 Å². The van der Waals surface area contributed by atoms with Gasteiger partial charge in [0.1, 0.15) is 13.2 Å². The van der Waals surface area contributed by atoms with E-state index < -0.39 is 0 Å². The Morgan fingerprint density at radius 1 is 1.33 bits per heavy atom. The fraction of sp³-hybridized carbons (Fsp3) is 0.286. The number of carbonyl (C=O) groups excluding carboxylic acids is 1. The number of thioether (sulfide) groups is 1. The van der Waals surface area contributed by atoms with Crippen LogP contribution in [0, 0.1) is 6.92 Å². The highest BCUT2D eigenvalue weighted by Crippen LogP contribution is 2.34. The number of hydrogen-bond donors (Lipinski definition) is 2. The van der Waals surface area contributed by atoms with Gasteiger partial charge in [-0.3, -0.25) is 9.89 Å². The number of rotatable bonds is 4. The first-order valence-electron chi connectivity index (χ1n) is 6.55. The molecule has 1 aromatic carbocycles. The maximum atomic E-state index is 11.8. The molecule has 2 N–H and O–H groups in total. The van der Waals surface area contributed by atoms with Crippen molar-refractivity contribution in [3.63, 3.8) is 0 Å². The first-order chi connectivity index (χ1) is 10.2. The van der Waals surface area contributed by atoms with E-state index in [1.54, 1.807) is 6.07 Å². The molecule has 1 amide bonds. The second-order valence-electron chi connectivity index (χ2n) is 4.58. The van der Waals surface area contributed by atoms with Crippen LogP contribution in [0.25, 0.3) is 0 Å². The highest BCUT2D eigenvalue weighted by Gasteiger charge is 2.12. The van der Waals surface area contributed by atoms with Gasteiger partial charge in [0.2, 0.25) is 5.91 Å². The third-order valence-corrected chi connectivity index (χ3v) is 3.85. The molecule has 1 aromatic heterocycles. The minimum absolute atomic E-state index is 0.0959. The summed E-state index contributed by atoms with van der Waals surface area (Å²) < 4.78 is 11.0. The Morgan fingerprint density at radius 3 is 2.90 bits per heavy atom. The summed E-state index contributed by atoms with van der Waals surface area (Å²) in [5.74, 6) is 2.24. The summed E-state index contributed by atoms with van der Waals surface area (Å²) in [6.45, 7) is 3.01. The number of fused-ring (bicyclic) bond motifs is 1. The molecule has 0 atom stereocenters. The Morgan fingerprint density at radius 2 is 2.14 bits per heavy atom. The summed E-state index contributed by atoms with van der Waals surface area (Å²) in [6.07, 6.45) is 0. The SMILES string of the molecule is Cc1cc(NC(=O)CSc2ccc3c(c2)OCCO3)n[nH]1. The van der Waals surface area contributed by atoms with Gasteiger partial charge in [-0.15, -0.1) is 11.8 Å². The minimum atomic E-state index is -0.0959. The topological polar surface area (TPSA) is 76.2 Å². The van der Waals surface area contributed by atoms with Crippen molar-refractivity contribution >= 4 is 23.5 Å². The van der Waals surface area contributed by atoms with Crippen LogP contribution < -0.4 is 14.8 Å². The fourth-order valence-corrected chi connectivity index (χ4v) is 2.65. The van der Waals surface area contributed by atoms with E-state index in [0.29, 0.717) is 24.8 Å². The van der Waals surface area contributed by atoms with Gasteiger partial charge in [0.15, 0.2) is 17.3 Å². The zero-order valence-corrected chi connectivity index (χ0v) is 12.3. The predicted molar refractivity (Wildman–Crippen MR) is 80.1 cm³/mol. The zero-order valence-electron chi connectivity index (χ0n) is 11.5. The normalized spacial score (nSPS) is 13.0. The second kappa shape index (κ2) is 6.09. The quantitative estimate of drug-likeness (QED) is 0.847. The molecule has 0 saturated carbocycles. The van der Waals surface area contributed by atoms with Gasteiger partial charge in [-0.05, 0) is 25.1 Å². The zero-order chi connectivity index (χ0) is 14.7. The van der Waals surface area contributed by atoms with Crippen molar-refractivity contribution in [2.75, 3.05) is 24.3 Å². The molecule has 110 valence electrons. The molecule has 2 aromatic rings. The average Bonchev–Trinajstić information content (AvgIpc) is 2.90. The van der Waals surface area contributed by atoms with Crippen LogP contribution in [-0.4, -0.2) is 35.1 Å². The molecule has 0 fully saturated rings. The lowest BCUT2D eigenvalue weighted by Crippen LogP contribution is -2.15. The third kappa shape index (κ3) is 3.49.